The normalized spacial score (nSPS) is 20.2. The number of likely N-dealkylation sites (tertiary alicyclic amines) is 1. The van der Waals surface area contributed by atoms with Gasteiger partial charge in [0.05, 0.1) is 24.1 Å². The minimum atomic E-state index is -0.317. The van der Waals surface area contributed by atoms with Gasteiger partial charge in [0.1, 0.15) is 11.6 Å². The first-order valence-corrected chi connectivity index (χ1v) is 8.26. The summed E-state index contributed by atoms with van der Waals surface area (Å²) in [5.74, 6) is 0.980. The first-order chi connectivity index (χ1) is 11.7. The van der Waals surface area contributed by atoms with Crippen molar-refractivity contribution in [3.63, 3.8) is 0 Å². The van der Waals surface area contributed by atoms with Gasteiger partial charge in [-0.3, -0.25) is 9.78 Å². The fourth-order valence-electron chi connectivity index (χ4n) is 3.10. The molecule has 0 bridgehead atoms. The molecule has 2 aliphatic rings. The first kappa shape index (κ1) is 15.1. The molecule has 1 saturated carbocycles. The fraction of sp³-hybridized carbons (Fsp3) is 0.389. The number of rotatable bonds is 4. The maximum atomic E-state index is 13.0. The molecular weight excluding hydrogens is 309 g/mol. The van der Waals surface area contributed by atoms with Crippen LogP contribution in [-0.2, 0) is 4.79 Å². The van der Waals surface area contributed by atoms with E-state index in [4.69, 9.17) is 4.74 Å². The molecular formula is C18H18FN3O2. The Kier molecular flexibility index (Phi) is 3.88. The first-order valence-electron chi connectivity index (χ1n) is 8.26. The summed E-state index contributed by atoms with van der Waals surface area (Å²) in [7, 11) is 0. The SMILES string of the molecule is O=C(C1CC1)N1CCC[C@@H]1c1cncc(Oc2ccc(F)cc2)n1. The summed E-state index contributed by atoms with van der Waals surface area (Å²) in [6.45, 7) is 0.782. The number of benzene rings is 1. The Labute approximate surface area is 139 Å². The van der Waals surface area contributed by atoms with Gasteiger partial charge in [0.2, 0.25) is 11.8 Å². The topological polar surface area (TPSA) is 55.3 Å². The summed E-state index contributed by atoms with van der Waals surface area (Å²) in [6.07, 6.45) is 7.10. The van der Waals surface area contributed by atoms with Gasteiger partial charge in [0, 0.05) is 12.5 Å². The summed E-state index contributed by atoms with van der Waals surface area (Å²) in [6, 6.07) is 5.73. The number of hydrogen-bond acceptors (Lipinski definition) is 4. The van der Waals surface area contributed by atoms with Crippen LogP contribution in [-0.4, -0.2) is 27.3 Å². The summed E-state index contributed by atoms with van der Waals surface area (Å²) >= 11 is 0. The predicted octanol–water partition coefficient (Wildman–Crippen LogP) is 3.48. The molecule has 1 amide bonds. The third-order valence-electron chi connectivity index (χ3n) is 4.47. The van der Waals surface area contributed by atoms with Gasteiger partial charge in [0.25, 0.3) is 0 Å². The molecule has 2 aromatic rings. The molecule has 1 saturated heterocycles. The van der Waals surface area contributed by atoms with Crippen LogP contribution in [0.5, 0.6) is 11.6 Å². The zero-order valence-corrected chi connectivity index (χ0v) is 13.2. The summed E-state index contributed by atoms with van der Waals surface area (Å²) < 4.78 is 18.6. The summed E-state index contributed by atoms with van der Waals surface area (Å²) in [5.41, 5.74) is 0.751. The monoisotopic (exact) mass is 327 g/mol. The van der Waals surface area contributed by atoms with E-state index in [1.807, 2.05) is 4.90 Å². The lowest BCUT2D eigenvalue weighted by Crippen LogP contribution is -2.32. The van der Waals surface area contributed by atoms with E-state index in [1.165, 1.54) is 18.3 Å². The van der Waals surface area contributed by atoms with Gasteiger partial charge in [0.15, 0.2) is 0 Å². The second kappa shape index (κ2) is 6.19. The molecule has 6 heteroatoms. The van der Waals surface area contributed by atoms with E-state index >= 15 is 0 Å². The van der Waals surface area contributed by atoms with Crippen LogP contribution in [0.4, 0.5) is 4.39 Å². The van der Waals surface area contributed by atoms with Crippen molar-refractivity contribution in [2.75, 3.05) is 6.54 Å². The number of aromatic nitrogens is 2. The van der Waals surface area contributed by atoms with E-state index in [0.717, 1.165) is 37.9 Å². The highest BCUT2D eigenvalue weighted by molar-refractivity contribution is 5.81. The third kappa shape index (κ3) is 3.09. The smallest absolute Gasteiger partial charge is 0.238 e. The van der Waals surface area contributed by atoms with Gasteiger partial charge in [-0.25, -0.2) is 9.37 Å². The average molecular weight is 327 g/mol. The fourth-order valence-corrected chi connectivity index (χ4v) is 3.10. The molecule has 1 aliphatic heterocycles. The minimum absolute atomic E-state index is 0.0256. The Morgan fingerprint density at radius 3 is 2.71 bits per heavy atom. The van der Waals surface area contributed by atoms with Crippen molar-refractivity contribution in [1.29, 1.82) is 0 Å². The van der Waals surface area contributed by atoms with E-state index in [-0.39, 0.29) is 23.7 Å². The van der Waals surface area contributed by atoms with Gasteiger partial charge in [-0.2, -0.15) is 0 Å². The van der Waals surface area contributed by atoms with Crippen molar-refractivity contribution in [1.82, 2.24) is 14.9 Å². The maximum absolute atomic E-state index is 13.0. The number of carbonyl (C=O) groups excluding carboxylic acids is 1. The van der Waals surface area contributed by atoms with Crippen LogP contribution in [0.3, 0.4) is 0 Å². The van der Waals surface area contributed by atoms with Gasteiger partial charge in [-0.1, -0.05) is 0 Å². The van der Waals surface area contributed by atoms with Gasteiger partial charge < -0.3 is 9.64 Å². The third-order valence-corrected chi connectivity index (χ3v) is 4.47. The number of amides is 1. The molecule has 1 aromatic heterocycles. The second-order valence-electron chi connectivity index (χ2n) is 6.30. The number of halogens is 1. The number of hydrogen-bond donors (Lipinski definition) is 0. The molecule has 2 heterocycles. The molecule has 4 rings (SSSR count). The average Bonchev–Trinajstić information content (AvgIpc) is 3.33. The number of carbonyl (C=O) groups is 1. The second-order valence-corrected chi connectivity index (χ2v) is 6.30. The quantitative estimate of drug-likeness (QED) is 0.863. The highest BCUT2D eigenvalue weighted by atomic mass is 19.1. The van der Waals surface area contributed by atoms with Crippen LogP contribution in [0.25, 0.3) is 0 Å². The van der Waals surface area contributed by atoms with E-state index < -0.39 is 0 Å². The van der Waals surface area contributed by atoms with Crippen molar-refractivity contribution in [3.8, 4) is 11.6 Å². The zero-order chi connectivity index (χ0) is 16.5. The Hall–Kier alpha value is -2.50. The van der Waals surface area contributed by atoms with Crippen LogP contribution in [0.2, 0.25) is 0 Å². The lowest BCUT2D eigenvalue weighted by molar-refractivity contribution is -0.133. The van der Waals surface area contributed by atoms with Crippen molar-refractivity contribution >= 4 is 5.91 Å². The van der Waals surface area contributed by atoms with Crippen molar-refractivity contribution < 1.29 is 13.9 Å². The van der Waals surface area contributed by atoms with Gasteiger partial charge in [-0.05, 0) is 49.9 Å². The highest BCUT2D eigenvalue weighted by Crippen LogP contribution is 2.38. The van der Waals surface area contributed by atoms with Crippen LogP contribution < -0.4 is 4.74 Å². The van der Waals surface area contributed by atoms with Crippen LogP contribution in [0, 0.1) is 11.7 Å². The Morgan fingerprint density at radius 1 is 1.17 bits per heavy atom. The van der Waals surface area contributed by atoms with Crippen molar-refractivity contribution in [2.24, 2.45) is 5.92 Å². The molecule has 2 fully saturated rings. The molecule has 0 unspecified atom stereocenters. The van der Waals surface area contributed by atoms with E-state index in [1.54, 1.807) is 18.3 Å². The summed E-state index contributed by atoms with van der Waals surface area (Å²) in [5, 5.41) is 0. The molecule has 1 aromatic carbocycles. The largest absolute Gasteiger partial charge is 0.437 e. The molecule has 0 radical (unpaired) electrons. The predicted molar refractivity (Wildman–Crippen MR) is 84.9 cm³/mol. The highest BCUT2D eigenvalue weighted by Gasteiger charge is 2.39. The minimum Gasteiger partial charge on any atom is -0.437 e. The van der Waals surface area contributed by atoms with E-state index in [9.17, 15) is 9.18 Å². The van der Waals surface area contributed by atoms with E-state index in [0.29, 0.717) is 11.6 Å². The van der Waals surface area contributed by atoms with Crippen LogP contribution >= 0.6 is 0 Å². The van der Waals surface area contributed by atoms with Crippen LogP contribution in [0.1, 0.15) is 37.4 Å². The number of ether oxygens (including phenoxy) is 1. The molecule has 0 N–H and O–H groups in total. The van der Waals surface area contributed by atoms with Crippen molar-refractivity contribution in [3.05, 3.63) is 48.2 Å². The Morgan fingerprint density at radius 2 is 1.96 bits per heavy atom. The maximum Gasteiger partial charge on any atom is 0.238 e. The zero-order valence-electron chi connectivity index (χ0n) is 13.2. The standard InChI is InChI=1S/C18H18FN3O2/c19-13-5-7-14(8-6-13)24-17-11-20-10-15(21-17)16-2-1-9-22(16)18(23)12-3-4-12/h5-8,10-12,16H,1-4,9H2/t16-/m1/s1. The molecule has 124 valence electrons. The molecule has 24 heavy (non-hydrogen) atoms. The molecule has 5 nitrogen and oxygen atoms in total. The summed E-state index contributed by atoms with van der Waals surface area (Å²) in [4.78, 5) is 23.1. The molecule has 1 atom stereocenters. The van der Waals surface area contributed by atoms with Crippen LogP contribution in [0.15, 0.2) is 36.7 Å². The molecule has 0 spiro atoms. The number of nitrogens with zero attached hydrogens (tertiary/aromatic N) is 3. The van der Waals surface area contributed by atoms with Crippen molar-refractivity contribution in [2.45, 2.75) is 31.7 Å². The van der Waals surface area contributed by atoms with E-state index in [2.05, 4.69) is 9.97 Å². The molecule has 1 aliphatic carbocycles. The Bertz CT molecular complexity index is 746. The van der Waals surface area contributed by atoms with Gasteiger partial charge in [-0.15, -0.1) is 0 Å². The van der Waals surface area contributed by atoms with Gasteiger partial charge >= 0.3 is 0 Å². The Balaban J connectivity index is 1.53. The lowest BCUT2D eigenvalue weighted by Gasteiger charge is -2.24. The lowest BCUT2D eigenvalue weighted by atomic mass is 10.1.